The number of para-hydroxylation sites is 3. The third kappa shape index (κ3) is 16.9. The minimum absolute atomic E-state index is 0.0374. The highest BCUT2D eigenvalue weighted by molar-refractivity contribution is 7.78. The number of hydrogen-bond acceptors (Lipinski definition) is 19. The van der Waals surface area contributed by atoms with Crippen molar-refractivity contribution in [3.63, 3.8) is 0 Å². The molecule has 7 aromatic carbocycles. The van der Waals surface area contributed by atoms with Gasteiger partial charge in [0.2, 0.25) is 5.91 Å². The number of ether oxygens (including phenoxy) is 9. The summed E-state index contributed by atoms with van der Waals surface area (Å²) in [5, 5.41) is 19.3. The standard InChI is InChI=1S/C70H76N8O12S/c1-75-45-53(57-14-6-9-19-62(57)75)44-72-90-43-41-86-35-34-84-37-39-88-49-56(48-87-38-36-83-32-30-81-28-26-65(79)77-47-52-13-2-4-15-58(52)66-67(70(66)80)60-17-7-11-21-64(60)77)89-42-40-85-33-31-82-29-27-76-46-51-12-3-5-16-59(51)69-68(61-18-8-10-20-63(61)76)73-74-78(69)55-24-22-54(23-25-55)71-50-91/h2-25,44-45,56,68-69H,26-43,46-49H2,1H3/b72-44+. The summed E-state index contributed by atoms with van der Waals surface area (Å²) in [5.41, 5.74) is 13.2. The van der Waals surface area contributed by atoms with E-state index in [0.717, 1.165) is 67.0 Å². The van der Waals surface area contributed by atoms with E-state index in [4.69, 9.17) is 70.0 Å². The number of oxime groups is 1. The highest BCUT2D eigenvalue weighted by atomic mass is 32.1. The molecule has 3 aliphatic rings. The third-order valence-electron chi connectivity index (χ3n) is 16.0. The summed E-state index contributed by atoms with van der Waals surface area (Å²) in [6.07, 6.45) is 3.55. The van der Waals surface area contributed by atoms with Crippen molar-refractivity contribution < 1.29 is 52.3 Å². The normalized spacial score (nSPS) is 15.3. The zero-order valence-electron chi connectivity index (χ0n) is 51.2. The molecule has 474 valence electrons. The molecule has 4 heterocycles. The van der Waals surface area contributed by atoms with Gasteiger partial charge in [-0.15, -0.1) is 0 Å². The van der Waals surface area contributed by atoms with Gasteiger partial charge >= 0.3 is 0 Å². The van der Waals surface area contributed by atoms with Crippen LogP contribution in [0.2, 0.25) is 0 Å². The molecule has 3 unspecified atom stereocenters. The molecule has 3 aliphatic heterocycles. The molecule has 11 rings (SSSR count). The van der Waals surface area contributed by atoms with E-state index in [2.05, 4.69) is 85.4 Å². The van der Waals surface area contributed by atoms with Gasteiger partial charge in [0, 0.05) is 70.7 Å². The lowest BCUT2D eigenvalue weighted by Crippen LogP contribution is -2.33. The van der Waals surface area contributed by atoms with E-state index in [1.807, 2.05) is 103 Å². The smallest absolute Gasteiger partial charge is 0.229 e. The van der Waals surface area contributed by atoms with Crippen molar-refractivity contribution in [2.75, 3.05) is 140 Å². The third-order valence-corrected chi connectivity index (χ3v) is 16.1. The van der Waals surface area contributed by atoms with Crippen molar-refractivity contribution >= 4 is 63.2 Å². The predicted molar refractivity (Wildman–Crippen MR) is 352 cm³/mol. The summed E-state index contributed by atoms with van der Waals surface area (Å²) in [6, 6.07) is 47.9. The van der Waals surface area contributed by atoms with Crippen LogP contribution in [-0.2, 0) is 72.4 Å². The van der Waals surface area contributed by atoms with Gasteiger partial charge in [-0.2, -0.15) is 10.1 Å². The highest BCUT2D eigenvalue weighted by Gasteiger charge is 2.41. The lowest BCUT2D eigenvalue weighted by Gasteiger charge is -2.35. The monoisotopic (exact) mass is 1250 g/mol. The molecule has 3 atom stereocenters. The van der Waals surface area contributed by atoms with Crippen LogP contribution in [0.5, 0.6) is 0 Å². The van der Waals surface area contributed by atoms with E-state index in [9.17, 15) is 9.59 Å². The first kappa shape index (κ1) is 64.4. The average molecular weight is 1250 g/mol. The Morgan fingerprint density at radius 3 is 1.93 bits per heavy atom. The maximum atomic E-state index is 13.7. The molecule has 8 aromatic rings. The molecule has 0 aliphatic carbocycles. The van der Waals surface area contributed by atoms with Crippen molar-refractivity contribution in [2.45, 2.75) is 37.7 Å². The largest absolute Gasteiger partial charge is 0.393 e. The minimum Gasteiger partial charge on any atom is -0.393 e. The van der Waals surface area contributed by atoms with E-state index in [1.54, 1.807) is 11.1 Å². The Hall–Kier alpha value is -8.15. The first-order valence-corrected chi connectivity index (χ1v) is 31.4. The predicted octanol–water partition coefficient (Wildman–Crippen LogP) is 11.0. The van der Waals surface area contributed by atoms with Crippen LogP contribution < -0.4 is 20.2 Å². The quantitative estimate of drug-likeness (QED) is 0.0156. The van der Waals surface area contributed by atoms with Crippen LogP contribution >= 0.6 is 12.2 Å². The number of aryl methyl sites for hydroxylation is 1. The first-order chi connectivity index (χ1) is 44.9. The van der Waals surface area contributed by atoms with Crippen molar-refractivity contribution in [3.8, 4) is 22.3 Å². The number of nitrogens with zero attached hydrogens (tertiary/aromatic N) is 8. The number of benzene rings is 6. The number of rotatable bonds is 36. The Balaban J connectivity index is 0.581. The van der Waals surface area contributed by atoms with Gasteiger partial charge in [-0.05, 0) is 76.9 Å². The number of carbonyl (C=O) groups is 1. The van der Waals surface area contributed by atoms with Gasteiger partial charge in [-0.1, -0.05) is 114 Å². The van der Waals surface area contributed by atoms with Crippen LogP contribution in [0.4, 0.5) is 22.7 Å². The summed E-state index contributed by atoms with van der Waals surface area (Å²) >= 11 is 4.82. The minimum atomic E-state index is -0.373. The molecule has 0 fully saturated rings. The van der Waals surface area contributed by atoms with Crippen molar-refractivity contribution in [3.05, 3.63) is 190 Å². The molecule has 20 nitrogen and oxygen atoms in total. The number of hydrogen-bond donors (Lipinski definition) is 0. The topological polar surface area (TPSA) is 191 Å². The van der Waals surface area contributed by atoms with Gasteiger partial charge in [0.25, 0.3) is 0 Å². The van der Waals surface area contributed by atoms with Crippen LogP contribution in [-0.4, -0.2) is 153 Å². The lowest BCUT2D eigenvalue weighted by atomic mass is 9.87. The van der Waals surface area contributed by atoms with Crippen molar-refractivity contribution in [1.29, 1.82) is 0 Å². The zero-order chi connectivity index (χ0) is 62.4. The number of amides is 1. The Kier molecular flexibility index (Phi) is 23.5. The Morgan fingerprint density at radius 1 is 0.615 bits per heavy atom. The first-order valence-electron chi connectivity index (χ1n) is 30.9. The average Bonchev–Trinajstić information content (AvgIpc) is 1.60. The number of fused-ring (bicyclic) bond motifs is 11. The Bertz CT molecular complexity index is 3770. The SMILES string of the molecule is Cn1cc(/C=N/OCCOCCOCCOCC(COCCOCCOCCC(=O)N2Cc3ccccc3-c3c(c3=O)-c3ccccc32)OCCOCCOCCN2Cc3ccccc3C3C(N=NN3c3ccc(N=C=S)cc3)c3ccccc32)c2ccccc21. The van der Waals surface area contributed by atoms with Crippen LogP contribution in [0.1, 0.15) is 46.3 Å². The molecule has 91 heavy (non-hydrogen) atoms. The van der Waals surface area contributed by atoms with Crippen LogP contribution in [0.3, 0.4) is 0 Å². The Labute approximate surface area is 535 Å². The molecule has 1 aromatic heterocycles. The summed E-state index contributed by atoms with van der Waals surface area (Å²) < 4.78 is 55.4. The maximum absolute atomic E-state index is 13.7. The summed E-state index contributed by atoms with van der Waals surface area (Å²) in [5.74, 6) is -0.0843. The fourth-order valence-corrected chi connectivity index (χ4v) is 11.7. The maximum Gasteiger partial charge on any atom is 0.229 e. The van der Waals surface area contributed by atoms with Crippen LogP contribution in [0, 0.1) is 0 Å². The number of carbonyl (C=O) groups excluding carboxylic acids is 1. The van der Waals surface area contributed by atoms with E-state index in [1.165, 1.54) is 11.1 Å². The van der Waals surface area contributed by atoms with Gasteiger partial charge in [-0.3, -0.25) is 9.59 Å². The van der Waals surface area contributed by atoms with E-state index in [-0.39, 0.29) is 55.8 Å². The Morgan fingerprint density at radius 2 is 1.20 bits per heavy atom. The van der Waals surface area contributed by atoms with Gasteiger partial charge in [0.05, 0.1) is 154 Å². The van der Waals surface area contributed by atoms with Crippen LogP contribution in [0.15, 0.2) is 177 Å². The molecular weight excluding hydrogens is 1180 g/mol. The second kappa shape index (κ2) is 33.3. The number of anilines is 3. The van der Waals surface area contributed by atoms with Gasteiger partial charge in [-0.25, -0.2) is 5.01 Å². The molecule has 0 saturated heterocycles. The molecule has 1 amide bonds. The summed E-state index contributed by atoms with van der Waals surface area (Å²) in [4.78, 5) is 40.3. The molecule has 0 spiro atoms. The number of aliphatic imine (C=N–C) groups is 1. The second-order valence-corrected chi connectivity index (χ2v) is 22.1. The molecule has 0 radical (unpaired) electrons. The van der Waals surface area contributed by atoms with E-state index >= 15 is 0 Å². The fraction of sp³-hybridized carbons (Fsp3) is 0.371. The fourth-order valence-electron chi connectivity index (χ4n) is 11.5. The molecule has 21 heteroatoms. The van der Waals surface area contributed by atoms with Crippen molar-refractivity contribution in [2.24, 2.45) is 27.5 Å². The zero-order valence-corrected chi connectivity index (χ0v) is 52.0. The highest BCUT2D eigenvalue weighted by Crippen LogP contribution is 2.50. The number of isothiocyanates is 1. The molecule has 0 saturated carbocycles. The van der Waals surface area contributed by atoms with Gasteiger partial charge in [0.15, 0.2) is 5.43 Å². The number of aromatic nitrogens is 1. The second-order valence-electron chi connectivity index (χ2n) is 21.9. The molecule has 0 bridgehead atoms. The van der Waals surface area contributed by atoms with Gasteiger partial charge in [0.1, 0.15) is 24.8 Å². The van der Waals surface area contributed by atoms with Gasteiger partial charge < -0.3 is 61.8 Å². The van der Waals surface area contributed by atoms with Crippen molar-refractivity contribution in [1.82, 2.24) is 4.57 Å². The number of thiocarbonyl (C=S) groups is 1. The summed E-state index contributed by atoms with van der Waals surface area (Å²) in [7, 11) is 2.01. The molecule has 0 N–H and O–H groups in total. The lowest BCUT2D eigenvalue weighted by molar-refractivity contribution is -0.120. The van der Waals surface area contributed by atoms with E-state index < -0.39 is 0 Å². The summed E-state index contributed by atoms with van der Waals surface area (Å²) in [6.45, 7) is 8.04. The van der Waals surface area contributed by atoms with Crippen LogP contribution in [0.25, 0.3) is 33.2 Å². The van der Waals surface area contributed by atoms with E-state index in [0.29, 0.717) is 124 Å². The molecular formula is C70H76N8O12S.